The maximum atomic E-state index is 5.40. The molecule has 2 nitrogen and oxygen atoms in total. The highest BCUT2D eigenvalue weighted by atomic mass is 16.5. The van der Waals surface area contributed by atoms with Gasteiger partial charge in [-0.2, -0.15) is 0 Å². The Bertz CT molecular complexity index is 369. The maximum absolute atomic E-state index is 5.40. The molecule has 0 saturated heterocycles. The minimum absolute atomic E-state index is 0.921. The van der Waals surface area contributed by atoms with Gasteiger partial charge in [-0.25, -0.2) is 0 Å². The van der Waals surface area contributed by atoms with Gasteiger partial charge in [-0.15, -0.1) is 0 Å². The van der Waals surface area contributed by atoms with Crippen LogP contribution in [0.3, 0.4) is 0 Å². The van der Waals surface area contributed by atoms with E-state index in [2.05, 4.69) is 30.4 Å². The van der Waals surface area contributed by atoms with Crippen molar-refractivity contribution in [1.29, 1.82) is 0 Å². The third-order valence-corrected chi connectivity index (χ3v) is 3.91. The number of methoxy groups -OCH3 is 1. The molecule has 2 heteroatoms. The van der Waals surface area contributed by atoms with Crippen LogP contribution in [0.25, 0.3) is 0 Å². The van der Waals surface area contributed by atoms with Gasteiger partial charge in [0.05, 0.1) is 7.11 Å². The van der Waals surface area contributed by atoms with Crippen LogP contribution in [0.1, 0.15) is 36.8 Å². The number of rotatable bonds is 6. The van der Waals surface area contributed by atoms with E-state index in [4.69, 9.17) is 4.74 Å². The molecule has 1 saturated carbocycles. The van der Waals surface area contributed by atoms with Crippen LogP contribution < -0.4 is 10.1 Å². The Morgan fingerprint density at radius 1 is 1.28 bits per heavy atom. The molecule has 1 aliphatic rings. The van der Waals surface area contributed by atoms with Gasteiger partial charge in [0.25, 0.3) is 0 Å². The smallest absolute Gasteiger partial charge is 0.122 e. The number of ether oxygens (including phenoxy) is 1. The maximum Gasteiger partial charge on any atom is 0.122 e. The van der Waals surface area contributed by atoms with E-state index in [1.165, 1.54) is 43.4 Å². The minimum atomic E-state index is 0.921. The van der Waals surface area contributed by atoms with Crippen molar-refractivity contribution in [1.82, 2.24) is 5.32 Å². The van der Waals surface area contributed by atoms with Crippen molar-refractivity contribution < 1.29 is 4.74 Å². The zero-order valence-corrected chi connectivity index (χ0v) is 11.7. The molecular formula is C16H25NO. The molecule has 1 fully saturated rings. The van der Waals surface area contributed by atoms with Crippen LogP contribution in [0.5, 0.6) is 5.75 Å². The summed E-state index contributed by atoms with van der Waals surface area (Å²) in [5, 5.41) is 3.59. The van der Waals surface area contributed by atoms with E-state index < -0.39 is 0 Å². The lowest BCUT2D eigenvalue weighted by atomic mass is 10.1. The first-order chi connectivity index (χ1) is 8.79. The van der Waals surface area contributed by atoms with Crippen LogP contribution in [0.4, 0.5) is 0 Å². The van der Waals surface area contributed by atoms with E-state index in [0.717, 1.165) is 24.6 Å². The third-order valence-electron chi connectivity index (χ3n) is 3.91. The Balaban J connectivity index is 1.76. The molecule has 0 radical (unpaired) electrons. The van der Waals surface area contributed by atoms with Crippen LogP contribution in [0, 0.1) is 12.8 Å². The Kier molecular flexibility index (Phi) is 5.06. The van der Waals surface area contributed by atoms with Crippen molar-refractivity contribution in [2.45, 2.75) is 39.0 Å². The summed E-state index contributed by atoms with van der Waals surface area (Å²) in [6.45, 7) is 4.37. The second-order valence-corrected chi connectivity index (χ2v) is 5.42. The third kappa shape index (κ3) is 3.74. The lowest BCUT2D eigenvalue weighted by Gasteiger charge is -2.12. The summed E-state index contributed by atoms with van der Waals surface area (Å²) in [4.78, 5) is 0. The number of hydrogen-bond acceptors (Lipinski definition) is 2. The summed E-state index contributed by atoms with van der Waals surface area (Å²) in [5.74, 6) is 1.94. The van der Waals surface area contributed by atoms with Gasteiger partial charge in [0.1, 0.15) is 5.75 Å². The minimum Gasteiger partial charge on any atom is -0.496 e. The monoisotopic (exact) mass is 247 g/mol. The molecule has 0 atom stereocenters. The molecule has 0 aromatic heterocycles. The molecule has 0 unspecified atom stereocenters. The summed E-state index contributed by atoms with van der Waals surface area (Å²) < 4.78 is 5.40. The first-order valence-corrected chi connectivity index (χ1v) is 7.14. The molecule has 1 aromatic rings. The Morgan fingerprint density at radius 2 is 2.06 bits per heavy atom. The molecule has 100 valence electrons. The molecule has 0 spiro atoms. The molecule has 18 heavy (non-hydrogen) atoms. The predicted octanol–water partition coefficient (Wildman–Crippen LogP) is 3.33. The average molecular weight is 247 g/mol. The standard InChI is InChI=1S/C16H25NO/c1-13-7-8-16(18-2)15(11-13)9-10-17-12-14-5-3-4-6-14/h7-8,11,14,17H,3-6,9-10,12H2,1-2H3. The first kappa shape index (κ1) is 13.4. The lowest BCUT2D eigenvalue weighted by molar-refractivity contribution is 0.408. The molecular weight excluding hydrogens is 222 g/mol. The van der Waals surface area contributed by atoms with Crippen molar-refractivity contribution in [3.8, 4) is 5.75 Å². The Hall–Kier alpha value is -1.02. The van der Waals surface area contributed by atoms with Crippen LogP contribution in [0.15, 0.2) is 18.2 Å². The molecule has 2 rings (SSSR count). The second kappa shape index (κ2) is 6.79. The van der Waals surface area contributed by atoms with E-state index in [1.54, 1.807) is 7.11 Å². The summed E-state index contributed by atoms with van der Waals surface area (Å²) in [5.41, 5.74) is 2.62. The highest BCUT2D eigenvalue weighted by Gasteiger charge is 2.13. The van der Waals surface area contributed by atoms with Crippen molar-refractivity contribution in [3.63, 3.8) is 0 Å². The van der Waals surface area contributed by atoms with Gasteiger partial charge in [0, 0.05) is 0 Å². The van der Waals surface area contributed by atoms with Gasteiger partial charge in [-0.05, 0) is 56.8 Å². The van der Waals surface area contributed by atoms with Gasteiger partial charge in [-0.3, -0.25) is 0 Å². The molecule has 1 aliphatic carbocycles. The summed E-state index contributed by atoms with van der Waals surface area (Å²) in [6, 6.07) is 6.41. The van der Waals surface area contributed by atoms with E-state index in [0.29, 0.717) is 0 Å². The molecule has 1 N–H and O–H groups in total. The fourth-order valence-electron chi connectivity index (χ4n) is 2.85. The molecule has 0 aliphatic heterocycles. The normalized spacial score (nSPS) is 16.1. The number of benzene rings is 1. The average Bonchev–Trinajstić information content (AvgIpc) is 2.88. The SMILES string of the molecule is COc1ccc(C)cc1CCNCC1CCCC1. The number of aryl methyl sites for hydroxylation is 1. The molecule has 0 bridgehead atoms. The quantitative estimate of drug-likeness (QED) is 0.779. The Morgan fingerprint density at radius 3 is 2.78 bits per heavy atom. The van der Waals surface area contributed by atoms with Crippen LogP contribution >= 0.6 is 0 Å². The number of nitrogens with one attached hydrogen (secondary N) is 1. The fourth-order valence-corrected chi connectivity index (χ4v) is 2.85. The van der Waals surface area contributed by atoms with E-state index in [1.807, 2.05) is 0 Å². The van der Waals surface area contributed by atoms with E-state index in [-0.39, 0.29) is 0 Å². The fraction of sp³-hybridized carbons (Fsp3) is 0.625. The predicted molar refractivity (Wildman–Crippen MR) is 76.3 cm³/mol. The van der Waals surface area contributed by atoms with Gasteiger partial charge < -0.3 is 10.1 Å². The van der Waals surface area contributed by atoms with E-state index in [9.17, 15) is 0 Å². The molecule has 1 aromatic carbocycles. The number of hydrogen-bond donors (Lipinski definition) is 1. The first-order valence-electron chi connectivity index (χ1n) is 7.14. The molecule has 0 heterocycles. The largest absolute Gasteiger partial charge is 0.496 e. The van der Waals surface area contributed by atoms with Crippen LogP contribution in [-0.4, -0.2) is 20.2 Å². The topological polar surface area (TPSA) is 21.3 Å². The summed E-state index contributed by atoms with van der Waals surface area (Å²) in [7, 11) is 1.75. The van der Waals surface area contributed by atoms with Crippen molar-refractivity contribution >= 4 is 0 Å². The van der Waals surface area contributed by atoms with Crippen LogP contribution in [-0.2, 0) is 6.42 Å². The van der Waals surface area contributed by atoms with Gasteiger partial charge in [0.15, 0.2) is 0 Å². The van der Waals surface area contributed by atoms with Gasteiger partial charge in [0.2, 0.25) is 0 Å². The Labute approximate surface area is 111 Å². The van der Waals surface area contributed by atoms with E-state index >= 15 is 0 Å². The zero-order chi connectivity index (χ0) is 12.8. The van der Waals surface area contributed by atoms with Crippen molar-refractivity contribution in [3.05, 3.63) is 29.3 Å². The molecule has 0 amide bonds. The summed E-state index contributed by atoms with van der Waals surface area (Å²) in [6.07, 6.45) is 6.75. The highest BCUT2D eigenvalue weighted by Crippen LogP contribution is 2.24. The highest BCUT2D eigenvalue weighted by molar-refractivity contribution is 5.37. The van der Waals surface area contributed by atoms with Crippen molar-refractivity contribution in [2.24, 2.45) is 5.92 Å². The second-order valence-electron chi connectivity index (χ2n) is 5.42. The zero-order valence-electron chi connectivity index (χ0n) is 11.7. The van der Waals surface area contributed by atoms with Crippen LogP contribution in [0.2, 0.25) is 0 Å². The van der Waals surface area contributed by atoms with Crippen molar-refractivity contribution in [2.75, 3.05) is 20.2 Å². The van der Waals surface area contributed by atoms with Gasteiger partial charge in [-0.1, -0.05) is 30.5 Å². The summed E-state index contributed by atoms with van der Waals surface area (Å²) >= 11 is 0. The lowest BCUT2D eigenvalue weighted by Crippen LogP contribution is -2.23. The van der Waals surface area contributed by atoms with Gasteiger partial charge >= 0.3 is 0 Å².